The number of ether oxygens (including phenoxy) is 1. The summed E-state index contributed by atoms with van der Waals surface area (Å²) in [5.74, 6) is -1.04. The maximum absolute atomic E-state index is 9.82. The summed E-state index contributed by atoms with van der Waals surface area (Å²) in [7, 11) is 0. The van der Waals surface area contributed by atoms with Crippen molar-refractivity contribution in [2.45, 2.75) is 20.8 Å². The molecule has 4 nitrogen and oxygen atoms in total. The van der Waals surface area contributed by atoms with E-state index in [0.717, 1.165) is 6.92 Å². The van der Waals surface area contributed by atoms with Gasteiger partial charge in [-0.05, 0) is 6.92 Å². The molecule has 0 saturated carbocycles. The van der Waals surface area contributed by atoms with Gasteiger partial charge < -0.3 is 9.84 Å². The molecule has 0 aliphatic carbocycles. The van der Waals surface area contributed by atoms with Gasteiger partial charge in [-0.25, -0.2) is 0 Å². The van der Waals surface area contributed by atoms with Crippen molar-refractivity contribution in [3.63, 3.8) is 0 Å². The monoisotopic (exact) mass is 148 g/mol. The summed E-state index contributed by atoms with van der Waals surface area (Å²) < 4.78 is 4.40. The van der Waals surface area contributed by atoms with Gasteiger partial charge >= 0.3 is 5.97 Å². The summed E-state index contributed by atoms with van der Waals surface area (Å²) in [5.41, 5.74) is 0. The summed E-state index contributed by atoms with van der Waals surface area (Å²) in [4.78, 5) is 18.8. The molecule has 0 saturated heterocycles. The highest BCUT2D eigenvalue weighted by atomic mass is 16.5. The lowest BCUT2D eigenvalue weighted by molar-refractivity contribution is -0.140. The average Bonchev–Trinajstić information content (AvgIpc) is 1.62. The Morgan fingerprint density at radius 3 is 1.70 bits per heavy atom. The second kappa shape index (κ2) is 7.94. The van der Waals surface area contributed by atoms with Crippen molar-refractivity contribution in [3.05, 3.63) is 0 Å². The minimum Gasteiger partial charge on any atom is -0.481 e. The maximum atomic E-state index is 9.82. The Labute approximate surface area is 59.8 Å². The van der Waals surface area contributed by atoms with E-state index in [1.165, 1.54) is 6.92 Å². The third-order valence-corrected chi connectivity index (χ3v) is 0.348. The molecule has 0 rings (SSSR count). The third-order valence-electron chi connectivity index (χ3n) is 0.348. The molecular weight excluding hydrogens is 136 g/mol. The van der Waals surface area contributed by atoms with Crippen LogP contribution in [0.5, 0.6) is 0 Å². The van der Waals surface area contributed by atoms with Crippen LogP contribution in [0.2, 0.25) is 0 Å². The molecule has 0 radical (unpaired) electrons. The van der Waals surface area contributed by atoms with Gasteiger partial charge in [0, 0.05) is 13.8 Å². The second-order valence-corrected chi connectivity index (χ2v) is 1.44. The zero-order valence-electron chi connectivity index (χ0n) is 6.38. The Balaban J connectivity index is 0. The highest BCUT2D eigenvalue weighted by molar-refractivity contribution is 5.65. The molecule has 0 unspecified atom stereocenters. The van der Waals surface area contributed by atoms with Crippen LogP contribution in [0.1, 0.15) is 20.8 Å². The first kappa shape index (κ1) is 11.7. The van der Waals surface area contributed by atoms with Crippen molar-refractivity contribution in [2.75, 3.05) is 6.61 Å². The Morgan fingerprint density at radius 1 is 1.40 bits per heavy atom. The van der Waals surface area contributed by atoms with Crippen LogP contribution in [-0.4, -0.2) is 23.7 Å². The van der Waals surface area contributed by atoms with E-state index in [4.69, 9.17) is 9.90 Å². The van der Waals surface area contributed by atoms with Gasteiger partial charge in [-0.15, -0.1) is 0 Å². The van der Waals surface area contributed by atoms with E-state index < -0.39 is 5.97 Å². The summed E-state index contributed by atoms with van der Waals surface area (Å²) in [6.07, 6.45) is 0. The first-order valence-corrected chi connectivity index (χ1v) is 2.83. The van der Waals surface area contributed by atoms with E-state index in [2.05, 4.69) is 4.74 Å². The topological polar surface area (TPSA) is 63.6 Å². The number of carbonyl (C=O) groups excluding carboxylic acids is 1. The zero-order chi connectivity index (χ0) is 8.57. The molecule has 10 heavy (non-hydrogen) atoms. The van der Waals surface area contributed by atoms with Crippen molar-refractivity contribution in [1.82, 2.24) is 0 Å². The van der Waals surface area contributed by atoms with Crippen LogP contribution < -0.4 is 0 Å². The van der Waals surface area contributed by atoms with E-state index >= 15 is 0 Å². The van der Waals surface area contributed by atoms with Gasteiger partial charge in [0.05, 0.1) is 6.61 Å². The van der Waals surface area contributed by atoms with E-state index in [-0.39, 0.29) is 5.97 Å². The van der Waals surface area contributed by atoms with E-state index in [9.17, 15) is 4.79 Å². The lowest BCUT2D eigenvalue weighted by atomic mass is 10.8. The smallest absolute Gasteiger partial charge is 0.302 e. The lowest BCUT2D eigenvalue weighted by Gasteiger charge is -1.89. The predicted octanol–water partition coefficient (Wildman–Crippen LogP) is 0.660. The van der Waals surface area contributed by atoms with Gasteiger partial charge in [0.1, 0.15) is 0 Å². The van der Waals surface area contributed by atoms with Gasteiger partial charge in [-0.2, -0.15) is 0 Å². The van der Waals surface area contributed by atoms with E-state index in [1.807, 2.05) is 0 Å². The molecule has 0 aromatic rings. The van der Waals surface area contributed by atoms with Crippen molar-refractivity contribution >= 4 is 11.9 Å². The molecule has 1 N–H and O–H groups in total. The molecule has 0 aromatic carbocycles. The number of carbonyl (C=O) groups is 2. The predicted molar refractivity (Wildman–Crippen MR) is 35.6 cm³/mol. The van der Waals surface area contributed by atoms with Crippen LogP contribution in [0.3, 0.4) is 0 Å². The minimum absolute atomic E-state index is 0.211. The first-order valence-electron chi connectivity index (χ1n) is 2.83. The van der Waals surface area contributed by atoms with Gasteiger partial charge in [-0.1, -0.05) is 0 Å². The van der Waals surface area contributed by atoms with E-state index in [0.29, 0.717) is 6.61 Å². The molecule has 60 valence electrons. The molecule has 0 aliphatic rings. The molecule has 0 aliphatic heterocycles. The fraction of sp³-hybridized carbons (Fsp3) is 0.667. The first-order chi connectivity index (χ1) is 4.50. The van der Waals surface area contributed by atoms with Gasteiger partial charge in [-0.3, -0.25) is 9.59 Å². The van der Waals surface area contributed by atoms with Crippen LogP contribution in [-0.2, 0) is 14.3 Å². The highest BCUT2D eigenvalue weighted by Gasteiger charge is 1.81. The fourth-order valence-corrected chi connectivity index (χ4v) is 0.203. The lowest BCUT2D eigenvalue weighted by Crippen LogP contribution is -1.95. The van der Waals surface area contributed by atoms with Crippen molar-refractivity contribution < 1.29 is 19.4 Å². The van der Waals surface area contributed by atoms with Crippen LogP contribution in [0, 0.1) is 0 Å². The van der Waals surface area contributed by atoms with Crippen LogP contribution >= 0.6 is 0 Å². The fourth-order valence-electron chi connectivity index (χ4n) is 0.203. The number of hydrogen-bond acceptors (Lipinski definition) is 3. The summed E-state index contributed by atoms with van der Waals surface area (Å²) in [5, 5.41) is 7.42. The summed E-state index contributed by atoms with van der Waals surface area (Å²) >= 11 is 0. The van der Waals surface area contributed by atoms with E-state index in [1.54, 1.807) is 6.92 Å². The molecule has 0 bridgehead atoms. The third kappa shape index (κ3) is 65.1. The number of hydrogen-bond donors (Lipinski definition) is 1. The average molecular weight is 148 g/mol. The SMILES string of the molecule is CC(=O)O.CCOC(C)=O. The molecule has 0 aromatic heterocycles. The second-order valence-electron chi connectivity index (χ2n) is 1.44. The molecule has 4 heteroatoms. The van der Waals surface area contributed by atoms with Gasteiger partial charge in [0.15, 0.2) is 0 Å². The number of rotatable bonds is 1. The zero-order valence-corrected chi connectivity index (χ0v) is 6.38. The standard InChI is InChI=1S/C4H8O2.C2H4O2/c1-3-6-4(2)5;1-2(3)4/h3H2,1-2H3;1H3,(H,3,4). The van der Waals surface area contributed by atoms with Crippen molar-refractivity contribution in [2.24, 2.45) is 0 Å². The Morgan fingerprint density at radius 2 is 1.70 bits per heavy atom. The number of esters is 1. The van der Waals surface area contributed by atoms with Crippen LogP contribution in [0.4, 0.5) is 0 Å². The molecular formula is C6H12O4. The Bertz CT molecular complexity index is 104. The number of carboxylic acids is 1. The maximum Gasteiger partial charge on any atom is 0.302 e. The molecule has 0 fully saturated rings. The molecule has 0 amide bonds. The molecule has 0 atom stereocenters. The Kier molecular flexibility index (Phi) is 9.29. The summed E-state index contributed by atoms with van der Waals surface area (Å²) in [6, 6.07) is 0. The largest absolute Gasteiger partial charge is 0.481 e. The van der Waals surface area contributed by atoms with Crippen molar-refractivity contribution in [1.29, 1.82) is 0 Å². The van der Waals surface area contributed by atoms with Crippen molar-refractivity contribution in [3.8, 4) is 0 Å². The molecule has 0 heterocycles. The van der Waals surface area contributed by atoms with Crippen LogP contribution in [0.25, 0.3) is 0 Å². The highest BCUT2D eigenvalue weighted by Crippen LogP contribution is 1.69. The Hall–Kier alpha value is -1.06. The summed E-state index contributed by atoms with van der Waals surface area (Å²) in [6.45, 7) is 4.74. The number of aliphatic carboxylic acids is 1. The van der Waals surface area contributed by atoms with Crippen LogP contribution in [0.15, 0.2) is 0 Å². The van der Waals surface area contributed by atoms with Gasteiger partial charge in [0.25, 0.3) is 5.97 Å². The normalized spacial score (nSPS) is 7.10. The number of carboxylic acid groups (broad SMARTS) is 1. The quantitative estimate of drug-likeness (QED) is 0.555. The van der Waals surface area contributed by atoms with Gasteiger partial charge in [0.2, 0.25) is 0 Å². The minimum atomic E-state index is -0.833. The molecule has 0 spiro atoms.